The SMILES string of the molecule is Nc1ccc(F)c(C(=O)NCCC(=O)N2CCOCC2)c1. The minimum atomic E-state index is -0.638. The summed E-state index contributed by atoms with van der Waals surface area (Å²) in [5, 5.41) is 2.52. The first-order chi connectivity index (χ1) is 10.1. The van der Waals surface area contributed by atoms with E-state index >= 15 is 0 Å². The molecule has 2 rings (SSSR count). The number of ether oxygens (including phenoxy) is 1. The van der Waals surface area contributed by atoms with Gasteiger partial charge in [0, 0.05) is 31.7 Å². The summed E-state index contributed by atoms with van der Waals surface area (Å²) in [4.78, 5) is 25.4. The fraction of sp³-hybridized carbons (Fsp3) is 0.429. The molecule has 1 heterocycles. The van der Waals surface area contributed by atoms with Gasteiger partial charge in [0.15, 0.2) is 0 Å². The number of nitrogens with two attached hydrogens (primary N) is 1. The molecule has 1 aliphatic heterocycles. The van der Waals surface area contributed by atoms with E-state index in [1.165, 1.54) is 12.1 Å². The summed E-state index contributed by atoms with van der Waals surface area (Å²) in [5.74, 6) is -1.26. The van der Waals surface area contributed by atoms with Crippen LogP contribution in [0, 0.1) is 5.82 Å². The van der Waals surface area contributed by atoms with Crippen LogP contribution in [0.15, 0.2) is 18.2 Å². The van der Waals surface area contributed by atoms with Gasteiger partial charge in [-0.25, -0.2) is 4.39 Å². The van der Waals surface area contributed by atoms with Crippen LogP contribution in [0.3, 0.4) is 0 Å². The Bertz CT molecular complexity index is 530. The van der Waals surface area contributed by atoms with Crippen molar-refractivity contribution in [2.24, 2.45) is 0 Å². The summed E-state index contributed by atoms with van der Waals surface area (Å²) in [6.07, 6.45) is 0.176. The fourth-order valence-electron chi connectivity index (χ4n) is 2.07. The van der Waals surface area contributed by atoms with Gasteiger partial charge >= 0.3 is 0 Å². The zero-order chi connectivity index (χ0) is 15.2. The molecule has 114 valence electrons. The molecule has 0 saturated carbocycles. The van der Waals surface area contributed by atoms with Gasteiger partial charge in [0.1, 0.15) is 5.82 Å². The lowest BCUT2D eigenvalue weighted by atomic mass is 10.1. The van der Waals surface area contributed by atoms with Gasteiger partial charge in [0.25, 0.3) is 5.91 Å². The molecule has 3 N–H and O–H groups in total. The highest BCUT2D eigenvalue weighted by molar-refractivity contribution is 5.95. The molecule has 1 aromatic carbocycles. The molecule has 0 atom stereocenters. The number of nitrogens with zero attached hydrogens (tertiary/aromatic N) is 1. The van der Waals surface area contributed by atoms with E-state index in [-0.39, 0.29) is 24.4 Å². The lowest BCUT2D eigenvalue weighted by molar-refractivity contribution is -0.135. The Morgan fingerprint density at radius 2 is 2.05 bits per heavy atom. The summed E-state index contributed by atoms with van der Waals surface area (Å²) in [7, 11) is 0. The van der Waals surface area contributed by atoms with Crippen LogP contribution in [0.5, 0.6) is 0 Å². The van der Waals surface area contributed by atoms with Crippen LogP contribution >= 0.6 is 0 Å². The van der Waals surface area contributed by atoms with Gasteiger partial charge in [-0.15, -0.1) is 0 Å². The molecule has 0 unspecified atom stereocenters. The second-order valence-electron chi connectivity index (χ2n) is 4.74. The number of carbonyl (C=O) groups is 2. The Morgan fingerprint density at radius 3 is 2.76 bits per heavy atom. The molecule has 1 fully saturated rings. The molecule has 7 heteroatoms. The van der Waals surface area contributed by atoms with E-state index < -0.39 is 11.7 Å². The monoisotopic (exact) mass is 295 g/mol. The lowest BCUT2D eigenvalue weighted by Gasteiger charge is -2.26. The quantitative estimate of drug-likeness (QED) is 0.787. The standard InChI is InChI=1S/C14H18FN3O3/c15-12-2-1-10(16)9-11(12)14(20)17-4-3-13(19)18-5-7-21-8-6-18/h1-2,9H,3-8,16H2,(H,17,20). The van der Waals surface area contributed by atoms with E-state index in [2.05, 4.69) is 5.32 Å². The van der Waals surface area contributed by atoms with Crippen LogP contribution in [0.1, 0.15) is 16.8 Å². The van der Waals surface area contributed by atoms with Crippen molar-refractivity contribution >= 4 is 17.5 Å². The number of hydrogen-bond acceptors (Lipinski definition) is 4. The Morgan fingerprint density at radius 1 is 1.33 bits per heavy atom. The minimum Gasteiger partial charge on any atom is -0.399 e. The summed E-state index contributed by atoms with van der Waals surface area (Å²) in [6, 6.07) is 3.80. The van der Waals surface area contributed by atoms with Gasteiger partial charge < -0.3 is 20.7 Å². The maximum Gasteiger partial charge on any atom is 0.254 e. The Kier molecular flexibility index (Phi) is 5.10. The maximum absolute atomic E-state index is 13.5. The fourth-order valence-corrected chi connectivity index (χ4v) is 2.07. The molecule has 1 saturated heterocycles. The number of hydrogen-bond donors (Lipinski definition) is 2. The van der Waals surface area contributed by atoms with Crippen LogP contribution in [-0.2, 0) is 9.53 Å². The Balaban J connectivity index is 1.81. The first kappa shape index (κ1) is 15.2. The normalized spacial score (nSPS) is 14.8. The largest absolute Gasteiger partial charge is 0.399 e. The van der Waals surface area contributed by atoms with Crippen molar-refractivity contribution in [1.82, 2.24) is 10.2 Å². The summed E-state index contributed by atoms with van der Waals surface area (Å²) in [6.45, 7) is 2.36. The van der Waals surface area contributed by atoms with Gasteiger partial charge in [-0.1, -0.05) is 0 Å². The topological polar surface area (TPSA) is 84.7 Å². The Hall–Kier alpha value is -2.15. The predicted octanol–water partition coefficient (Wildman–Crippen LogP) is 0.387. The van der Waals surface area contributed by atoms with Gasteiger partial charge in [-0.2, -0.15) is 0 Å². The van der Waals surface area contributed by atoms with E-state index in [1.807, 2.05) is 0 Å². The zero-order valence-corrected chi connectivity index (χ0v) is 11.6. The number of carbonyl (C=O) groups excluding carboxylic acids is 2. The van der Waals surface area contributed by atoms with E-state index in [0.29, 0.717) is 32.0 Å². The predicted molar refractivity (Wildman–Crippen MR) is 75.2 cm³/mol. The van der Waals surface area contributed by atoms with Crippen molar-refractivity contribution in [2.45, 2.75) is 6.42 Å². The smallest absolute Gasteiger partial charge is 0.254 e. The van der Waals surface area contributed by atoms with Gasteiger partial charge in [-0.3, -0.25) is 9.59 Å². The molecule has 6 nitrogen and oxygen atoms in total. The van der Waals surface area contributed by atoms with Crippen molar-refractivity contribution in [3.05, 3.63) is 29.6 Å². The van der Waals surface area contributed by atoms with E-state index in [0.717, 1.165) is 6.07 Å². The van der Waals surface area contributed by atoms with Crippen molar-refractivity contribution in [3.8, 4) is 0 Å². The highest BCUT2D eigenvalue weighted by atomic mass is 19.1. The molecule has 0 spiro atoms. The number of anilines is 1. The van der Waals surface area contributed by atoms with Crippen molar-refractivity contribution in [3.63, 3.8) is 0 Å². The highest BCUT2D eigenvalue weighted by Crippen LogP contribution is 2.11. The van der Waals surface area contributed by atoms with E-state index in [4.69, 9.17) is 10.5 Å². The third-order valence-electron chi connectivity index (χ3n) is 3.22. The molecular formula is C14H18FN3O3. The van der Waals surface area contributed by atoms with E-state index in [1.54, 1.807) is 4.90 Å². The number of benzene rings is 1. The molecule has 0 aliphatic carbocycles. The first-order valence-electron chi connectivity index (χ1n) is 6.76. The maximum atomic E-state index is 13.5. The molecule has 21 heavy (non-hydrogen) atoms. The summed E-state index contributed by atoms with van der Waals surface area (Å²) in [5.41, 5.74) is 5.71. The average Bonchev–Trinajstić information content (AvgIpc) is 2.50. The lowest BCUT2D eigenvalue weighted by Crippen LogP contribution is -2.42. The second kappa shape index (κ2) is 7.03. The number of rotatable bonds is 4. The van der Waals surface area contributed by atoms with Gasteiger partial charge in [-0.05, 0) is 18.2 Å². The molecule has 0 bridgehead atoms. The highest BCUT2D eigenvalue weighted by Gasteiger charge is 2.17. The number of nitrogen functional groups attached to an aromatic ring is 1. The van der Waals surface area contributed by atoms with Gasteiger partial charge in [0.05, 0.1) is 18.8 Å². The number of amides is 2. The number of halogens is 1. The van der Waals surface area contributed by atoms with Crippen LogP contribution in [0.4, 0.5) is 10.1 Å². The minimum absolute atomic E-state index is 0.0494. The number of nitrogens with one attached hydrogen (secondary N) is 1. The van der Waals surface area contributed by atoms with Crippen LogP contribution in [-0.4, -0.2) is 49.6 Å². The van der Waals surface area contributed by atoms with Crippen LogP contribution < -0.4 is 11.1 Å². The molecule has 1 aliphatic rings. The summed E-state index contributed by atoms with van der Waals surface area (Å²) >= 11 is 0. The molecule has 1 aromatic rings. The third kappa shape index (κ3) is 4.16. The van der Waals surface area contributed by atoms with Gasteiger partial charge in [0.2, 0.25) is 5.91 Å². The van der Waals surface area contributed by atoms with Crippen molar-refractivity contribution in [1.29, 1.82) is 0 Å². The van der Waals surface area contributed by atoms with Crippen molar-refractivity contribution < 1.29 is 18.7 Å². The zero-order valence-electron chi connectivity index (χ0n) is 11.6. The van der Waals surface area contributed by atoms with Crippen LogP contribution in [0.25, 0.3) is 0 Å². The molecule has 2 amide bonds. The second-order valence-corrected chi connectivity index (χ2v) is 4.74. The Labute approximate surface area is 122 Å². The summed E-state index contributed by atoms with van der Waals surface area (Å²) < 4.78 is 18.6. The molecule has 0 radical (unpaired) electrons. The molecule has 0 aromatic heterocycles. The van der Waals surface area contributed by atoms with Crippen LogP contribution in [0.2, 0.25) is 0 Å². The third-order valence-corrected chi connectivity index (χ3v) is 3.22. The van der Waals surface area contributed by atoms with E-state index in [9.17, 15) is 14.0 Å². The average molecular weight is 295 g/mol. The number of morpholine rings is 1. The molecular weight excluding hydrogens is 277 g/mol. The first-order valence-corrected chi connectivity index (χ1v) is 6.76. The van der Waals surface area contributed by atoms with Crippen molar-refractivity contribution in [2.75, 3.05) is 38.6 Å².